The van der Waals surface area contributed by atoms with Gasteiger partial charge >= 0.3 is 0 Å². The Labute approximate surface area is 83.1 Å². The summed E-state index contributed by atoms with van der Waals surface area (Å²) in [6, 6.07) is 0. The molecule has 0 unspecified atom stereocenters. The zero-order valence-corrected chi connectivity index (χ0v) is 10.2. The Kier molecular flexibility index (Phi) is 3.73. The van der Waals surface area contributed by atoms with Gasteiger partial charge in [0.1, 0.15) is 0 Å². The first-order valence-corrected chi connectivity index (χ1v) is 3.75. The monoisotopic (exact) mass is 328 g/mol. The van der Waals surface area contributed by atoms with Crippen molar-refractivity contribution < 1.29 is 20.1 Å². The van der Waals surface area contributed by atoms with Crippen LogP contribution in [0.15, 0.2) is 22.3 Å². The van der Waals surface area contributed by atoms with E-state index < -0.39 is 0 Å². The fourth-order valence-corrected chi connectivity index (χ4v) is 1.41. The van der Waals surface area contributed by atoms with E-state index in [2.05, 4.69) is 34.6 Å². The van der Waals surface area contributed by atoms with Crippen molar-refractivity contribution in [3.8, 4) is 0 Å². The van der Waals surface area contributed by atoms with Gasteiger partial charge < -0.3 is 0 Å². The Morgan fingerprint density at radius 1 is 0.545 bits per heavy atom. The van der Waals surface area contributed by atoms with Gasteiger partial charge in [-0.1, -0.05) is 18.1 Å². The standard InChI is InChI=1S/C10H15.Ir/c1-6-7(2)9(4)10(5)8(6)3;/h1-5H3;. The predicted molar refractivity (Wildman–Crippen MR) is 45.7 cm³/mol. The van der Waals surface area contributed by atoms with Crippen LogP contribution in [0.25, 0.3) is 0 Å². The molecule has 0 saturated carbocycles. The molecule has 2 radical (unpaired) electrons. The van der Waals surface area contributed by atoms with E-state index in [0.717, 1.165) is 0 Å². The number of rotatable bonds is 0. The summed E-state index contributed by atoms with van der Waals surface area (Å²) in [7, 11) is 0. The van der Waals surface area contributed by atoms with Gasteiger partial charge in [0.15, 0.2) is 0 Å². The van der Waals surface area contributed by atoms with Gasteiger partial charge in [-0.05, 0) is 38.8 Å². The third-order valence-corrected chi connectivity index (χ3v) is 2.81. The van der Waals surface area contributed by atoms with Crippen molar-refractivity contribution in [1.82, 2.24) is 0 Å². The third kappa shape index (κ3) is 1.65. The second kappa shape index (κ2) is 3.69. The molecule has 0 aliphatic heterocycles. The van der Waals surface area contributed by atoms with Gasteiger partial charge in [0.05, 0.1) is 0 Å². The first-order valence-electron chi connectivity index (χ1n) is 3.75. The van der Waals surface area contributed by atoms with Crippen LogP contribution in [0.2, 0.25) is 0 Å². The summed E-state index contributed by atoms with van der Waals surface area (Å²) in [5.41, 5.74) is 5.87. The average molecular weight is 327 g/mol. The Bertz CT molecular complexity index is 197. The molecule has 0 amide bonds. The van der Waals surface area contributed by atoms with Crippen LogP contribution in [0.4, 0.5) is 0 Å². The Balaban J connectivity index is 0.000001000. The topological polar surface area (TPSA) is 0 Å². The minimum Gasteiger partial charge on any atom is -0.0589 e. The van der Waals surface area contributed by atoms with E-state index >= 15 is 0 Å². The summed E-state index contributed by atoms with van der Waals surface area (Å²) < 4.78 is 0. The molecule has 1 heteroatoms. The van der Waals surface area contributed by atoms with Crippen molar-refractivity contribution in [2.24, 2.45) is 0 Å². The molecule has 0 nitrogen and oxygen atoms in total. The van der Waals surface area contributed by atoms with Gasteiger partial charge in [-0.25, -0.2) is 0 Å². The average Bonchev–Trinajstić information content (AvgIpc) is 2.07. The third-order valence-electron chi connectivity index (χ3n) is 2.81. The molecule has 0 aromatic heterocycles. The van der Waals surface area contributed by atoms with Crippen LogP contribution < -0.4 is 0 Å². The van der Waals surface area contributed by atoms with Crippen LogP contribution in [0.3, 0.4) is 0 Å². The predicted octanol–water partition coefficient (Wildman–Crippen LogP) is 3.26. The fourth-order valence-electron chi connectivity index (χ4n) is 1.41. The number of allylic oxidation sites excluding steroid dienone is 4. The van der Waals surface area contributed by atoms with Crippen molar-refractivity contribution in [3.63, 3.8) is 0 Å². The summed E-state index contributed by atoms with van der Waals surface area (Å²) in [4.78, 5) is 0. The molecule has 0 aromatic carbocycles. The smallest absolute Gasteiger partial charge is 0.0226 e. The van der Waals surface area contributed by atoms with Crippen LogP contribution in [-0.2, 0) is 20.1 Å². The maximum Gasteiger partial charge on any atom is 0.0226 e. The molecule has 0 spiro atoms. The van der Waals surface area contributed by atoms with E-state index in [1.165, 1.54) is 28.2 Å². The first-order chi connectivity index (χ1) is 4.55. The number of hydrogen-bond donors (Lipinski definition) is 0. The molecule has 0 saturated heterocycles. The van der Waals surface area contributed by atoms with E-state index in [1.807, 2.05) is 0 Å². The molecule has 1 rings (SSSR count). The van der Waals surface area contributed by atoms with Gasteiger partial charge in [0.2, 0.25) is 0 Å². The summed E-state index contributed by atoms with van der Waals surface area (Å²) in [5.74, 6) is 1.47. The molecule has 64 valence electrons. The van der Waals surface area contributed by atoms with Crippen molar-refractivity contribution in [1.29, 1.82) is 0 Å². The molecule has 11 heavy (non-hydrogen) atoms. The molecule has 0 aromatic rings. The van der Waals surface area contributed by atoms with Crippen molar-refractivity contribution in [2.75, 3.05) is 0 Å². The minimum absolute atomic E-state index is 0. The fraction of sp³-hybridized carbons (Fsp3) is 0.500. The van der Waals surface area contributed by atoms with E-state index in [-0.39, 0.29) is 20.1 Å². The summed E-state index contributed by atoms with van der Waals surface area (Å²) in [6.07, 6.45) is 0. The SMILES string of the molecule is C[C]1C(C)=C(C)C(C)=C1C.[Ir]. The van der Waals surface area contributed by atoms with Crippen molar-refractivity contribution >= 4 is 0 Å². The minimum atomic E-state index is 0. The maximum absolute atomic E-state index is 2.20. The van der Waals surface area contributed by atoms with E-state index in [0.29, 0.717) is 0 Å². The largest absolute Gasteiger partial charge is 0.0589 e. The van der Waals surface area contributed by atoms with E-state index in [4.69, 9.17) is 0 Å². The molecule has 0 atom stereocenters. The molecular formula is C10H15Ir. The van der Waals surface area contributed by atoms with Gasteiger partial charge in [-0.2, -0.15) is 0 Å². The number of hydrogen-bond acceptors (Lipinski definition) is 0. The second-order valence-electron chi connectivity index (χ2n) is 3.12. The second-order valence-corrected chi connectivity index (χ2v) is 3.12. The van der Waals surface area contributed by atoms with E-state index in [9.17, 15) is 0 Å². The quantitative estimate of drug-likeness (QED) is 0.641. The summed E-state index contributed by atoms with van der Waals surface area (Å²) in [6.45, 7) is 11.0. The van der Waals surface area contributed by atoms with Crippen LogP contribution >= 0.6 is 0 Å². The maximum atomic E-state index is 2.20. The van der Waals surface area contributed by atoms with Crippen LogP contribution in [0.1, 0.15) is 34.6 Å². The van der Waals surface area contributed by atoms with Crippen LogP contribution in [0.5, 0.6) is 0 Å². The van der Waals surface area contributed by atoms with Crippen molar-refractivity contribution in [3.05, 3.63) is 28.2 Å². The molecule has 0 N–H and O–H groups in total. The molecule has 1 aliphatic carbocycles. The first kappa shape index (κ1) is 11.1. The Morgan fingerprint density at radius 3 is 0.909 bits per heavy atom. The molecular weight excluding hydrogens is 312 g/mol. The molecule has 0 bridgehead atoms. The van der Waals surface area contributed by atoms with E-state index in [1.54, 1.807) is 0 Å². The zero-order valence-electron chi connectivity index (χ0n) is 7.83. The Hall–Kier alpha value is 0.129. The summed E-state index contributed by atoms with van der Waals surface area (Å²) >= 11 is 0. The zero-order chi connectivity index (χ0) is 7.89. The van der Waals surface area contributed by atoms with Gasteiger partial charge in [0.25, 0.3) is 0 Å². The Morgan fingerprint density at radius 2 is 0.818 bits per heavy atom. The van der Waals surface area contributed by atoms with Gasteiger partial charge in [-0.3, -0.25) is 0 Å². The summed E-state index contributed by atoms with van der Waals surface area (Å²) in [5, 5.41) is 0. The molecule has 1 aliphatic rings. The van der Waals surface area contributed by atoms with Crippen LogP contribution in [0, 0.1) is 5.92 Å². The van der Waals surface area contributed by atoms with Crippen molar-refractivity contribution in [2.45, 2.75) is 34.6 Å². The normalized spacial score (nSPS) is 19.4. The molecule has 0 fully saturated rings. The van der Waals surface area contributed by atoms with Crippen LogP contribution in [-0.4, -0.2) is 0 Å². The van der Waals surface area contributed by atoms with Gasteiger partial charge in [-0.15, -0.1) is 0 Å². The molecule has 0 heterocycles. The van der Waals surface area contributed by atoms with Gasteiger partial charge in [0, 0.05) is 26.0 Å².